The van der Waals surface area contributed by atoms with E-state index in [-0.39, 0.29) is 11.9 Å². The number of aromatic nitrogens is 1. The fraction of sp³-hybridized carbons (Fsp3) is 0.385. The van der Waals surface area contributed by atoms with Gasteiger partial charge in [0.2, 0.25) is 0 Å². The van der Waals surface area contributed by atoms with Crippen molar-refractivity contribution >= 4 is 10.9 Å². The minimum Gasteiger partial charge on any atom is -0.350 e. The Bertz CT molecular complexity index is 500. The molecule has 0 amide bonds. The van der Waals surface area contributed by atoms with E-state index < -0.39 is 0 Å². The monoisotopic (exact) mass is 220 g/mol. The highest BCUT2D eigenvalue weighted by Crippen LogP contribution is 2.22. The van der Waals surface area contributed by atoms with Crippen molar-refractivity contribution in [1.82, 2.24) is 4.57 Å². The number of aryl methyl sites for hydroxylation is 2. The van der Waals surface area contributed by atoms with Crippen LogP contribution >= 0.6 is 0 Å². The van der Waals surface area contributed by atoms with E-state index in [1.807, 2.05) is 24.6 Å². The van der Waals surface area contributed by atoms with E-state index in [4.69, 9.17) is 5.73 Å². The number of fused-ring (bicyclic) bond motifs is 1. The number of nitrogens with two attached hydrogens (primary N) is 1. The number of hydrogen-bond acceptors (Lipinski definition) is 1. The summed E-state index contributed by atoms with van der Waals surface area (Å²) >= 11 is 0. The van der Waals surface area contributed by atoms with Crippen LogP contribution in [0.1, 0.15) is 18.9 Å². The normalized spacial score (nSPS) is 13.2. The molecule has 0 bridgehead atoms. The maximum atomic E-state index is 13.1. The molecule has 86 valence electrons. The predicted octanol–water partition coefficient (Wildman–Crippen LogP) is 2.60. The Morgan fingerprint density at radius 2 is 2.19 bits per heavy atom. The largest absolute Gasteiger partial charge is 0.350 e. The highest BCUT2D eigenvalue weighted by molar-refractivity contribution is 5.84. The van der Waals surface area contributed by atoms with Gasteiger partial charge in [0.1, 0.15) is 5.82 Å². The fourth-order valence-electron chi connectivity index (χ4n) is 2.02. The summed E-state index contributed by atoms with van der Waals surface area (Å²) in [6.45, 7) is 2.00. The molecule has 1 aromatic carbocycles. The van der Waals surface area contributed by atoms with E-state index >= 15 is 0 Å². The van der Waals surface area contributed by atoms with Gasteiger partial charge < -0.3 is 10.3 Å². The predicted molar refractivity (Wildman–Crippen MR) is 64.8 cm³/mol. The molecular formula is C13H17FN2. The van der Waals surface area contributed by atoms with Crippen LogP contribution < -0.4 is 5.73 Å². The van der Waals surface area contributed by atoms with E-state index in [9.17, 15) is 4.39 Å². The zero-order valence-corrected chi connectivity index (χ0v) is 9.70. The number of benzene rings is 1. The van der Waals surface area contributed by atoms with Gasteiger partial charge in [0.15, 0.2) is 0 Å². The van der Waals surface area contributed by atoms with Crippen molar-refractivity contribution in [3.05, 3.63) is 35.8 Å². The summed E-state index contributed by atoms with van der Waals surface area (Å²) in [5.74, 6) is -0.188. The molecule has 0 saturated heterocycles. The van der Waals surface area contributed by atoms with Gasteiger partial charge in [-0.1, -0.05) is 0 Å². The van der Waals surface area contributed by atoms with Crippen LogP contribution in [0.3, 0.4) is 0 Å². The number of hydrogen-bond donors (Lipinski definition) is 1. The summed E-state index contributed by atoms with van der Waals surface area (Å²) in [5.41, 5.74) is 7.94. The Labute approximate surface area is 94.9 Å². The molecule has 0 aliphatic carbocycles. The van der Waals surface area contributed by atoms with Gasteiger partial charge in [-0.3, -0.25) is 0 Å². The zero-order valence-electron chi connectivity index (χ0n) is 9.70. The first kappa shape index (κ1) is 11.1. The third kappa shape index (κ3) is 2.09. The summed E-state index contributed by atoms with van der Waals surface area (Å²) in [6.07, 6.45) is 3.96. The molecule has 2 N–H and O–H groups in total. The quantitative estimate of drug-likeness (QED) is 0.847. The van der Waals surface area contributed by atoms with Crippen LogP contribution in [0, 0.1) is 5.82 Å². The molecule has 1 aromatic heterocycles. The molecule has 16 heavy (non-hydrogen) atoms. The lowest BCUT2D eigenvalue weighted by molar-refractivity contribution is 0.629. The van der Waals surface area contributed by atoms with Gasteiger partial charge in [0.05, 0.1) is 5.52 Å². The first-order valence-corrected chi connectivity index (χ1v) is 5.57. The van der Waals surface area contributed by atoms with Gasteiger partial charge in [-0.05, 0) is 43.5 Å². The molecule has 0 spiro atoms. The Hall–Kier alpha value is -1.35. The zero-order chi connectivity index (χ0) is 11.7. The Morgan fingerprint density at radius 1 is 1.44 bits per heavy atom. The molecule has 1 heterocycles. The SMILES string of the molecule is CC(N)CCc1cn(C)c2cc(F)ccc12. The van der Waals surface area contributed by atoms with Crippen molar-refractivity contribution < 1.29 is 4.39 Å². The van der Waals surface area contributed by atoms with Crippen LogP contribution in [0.2, 0.25) is 0 Å². The van der Waals surface area contributed by atoms with Crippen molar-refractivity contribution in [2.45, 2.75) is 25.8 Å². The van der Waals surface area contributed by atoms with E-state index in [1.54, 1.807) is 6.07 Å². The molecule has 2 nitrogen and oxygen atoms in total. The molecule has 0 aliphatic rings. The van der Waals surface area contributed by atoms with Crippen molar-refractivity contribution in [3.63, 3.8) is 0 Å². The topological polar surface area (TPSA) is 30.9 Å². The van der Waals surface area contributed by atoms with Gasteiger partial charge in [0.25, 0.3) is 0 Å². The van der Waals surface area contributed by atoms with Crippen LogP contribution in [0.4, 0.5) is 4.39 Å². The van der Waals surface area contributed by atoms with Gasteiger partial charge >= 0.3 is 0 Å². The maximum Gasteiger partial charge on any atom is 0.125 e. The van der Waals surface area contributed by atoms with Gasteiger partial charge in [0, 0.05) is 24.7 Å². The van der Waals surface area contributed by atoms with Gasteiger partial charge in [-0.15, -0.1) is 0 Å². The fourth-order valence-corrected chi connectivity index (χ4v) is 2.02. The molecule has 2 aromatic rings. The summed E-state index contributed by atoms with van der Waals surface area (Å²) in [5, 5.41) is 1.13. The van der Waals surface area contributed by atoms with E-state index in [0.29, 0.717) is 0 Å². The second-order valence-corrected chi connectivity index (χ2v) is 4.44. The average molecular weight is 220 g/mol. The molecule has 0 aliphatic heterocycles. The molecule has 3 heteroatoms. The van der Waals surface area contributed by atoms with Crippen LogP contribution in [0.25, 0.3) is 10.9 Å². The first-order chi connectivity index (χ1) is 7.58. The lowest BCUT2D eigenvalue weighted by Gasteiger charge is -2.03. The summed E-state index contributed by atoms with van der Waals surface area (Å²) in [4.78, 5) is 0. The lowest BCUT2D eigenvalue weighted by Crippen LogP contribution is -2.15. The highest BCUT2D eigenvalue weighted by Gasteiger charge is 2.07. The van der Waals surface area contributed by atoms with Crippen molar-refractivity contribution in [2.75, 3.05) is 0 Å². The third-order valence-electron chi connectivity index (χ3n) is 2.90. The van der Waals surface area contributed by atoms with Crippen molar-refractivity contribution in [1.29, 1.82) is 0 Å². The van der Waals surface area contributed by atoms with E-state index in [1.165, 1.54) is 11.6 Å². The standard InChI is InChI=1S/C13H17FN2/c1-9(15)3-4-10-8-16(2)13-7-11(14)5-6-12(10)13/h5-9H,3-4,15H2,1-2H3. The number of nitrogens with zero attached hydrogens (tertiary/aromatic N) is 1. The van der Waals surface area contributed by atoms with Crippen LogP contribution in [0.15, 0.2) is 24.4 Å². The molecule has 1 atom stereocenters. The minimum atomic E-state index is -0.188. The Morgan fingerprint density at radius 3 is 2.88 bits per heavy atom. The molecule has 1 unspecified atom stereocenters. The Balaban J connectivity index is 2.39. The number of rotatable bonds is 3. The minimum absolute atomic E-state index is 0.188. The van der Waals surface area contributed by atoms with Gasteiger partial charge in [-0.25, -0.2) is 4.39 Å². The smallest absolute Gasteiger partial charge is 0.125 e. The first-order valence-electron chi connectivity index (χ1n) is 5.57. The van der Waals surface area contributed by atoms with Crippen LogP contribution in [-0.2, 0) is 13.5 Å². The second kappa shape index (κ2) is 4.26. The van der Waals surface area contributed by atoms with E-state index in [0.717, 1.165) is 23.7 Å². The number of halogens is 1. The maximum absolute atomic E-state index is 13.1. The van der Waals surface area contributed by atoms with Gasteiger partial charge in [-0.2, -0.15) is 0 Å². The average Bonchev–Trinajstić information content (AvgIpc) is 2.53. The highest BCUT2D eigenvalue weighted by atomic mass is 19.1. The Kier molecular flexibility index (Phi) is 2.97. The lowest BCUT2D eigenvalue weighted by atomic mass is 10.1. The summed E-state index contributed by atoms with van der Waals surface area (Å²) in [7, 11) is 1.94. The molecule has 2 rings (SSSR count). The van der Waals surface area contributed by atoms with Crippen LogP contribution in [0.5, 0.6) is 0 Å². The summed E-state index contributed by atoms with van der Waals surface area (Å²) in [6, 6.07) is 5.14. The van der Waals surface area contributed by atoms with E-state index in [2.05, 4.69) is 6.20 Å². The molecule has 0 radical (unpaired) electrons. The molecule has 0 saturated carbocycles. The van der Waals surface area contributed by atoms with Crippen molar-refractivity contribution in [3.8, 4) is 0 Å². The second-order valence-electron chi connectivity index (χ2n) is 4.44. The molecular weight excluding hydrogens is 203 g/mol. The van der Waals surface area contributed by atoms with Crippen LogP contribution in [-0.4, -0.2) is 10.6 Å². The summed E-state index contributed by atoms with van der Waals surface area (Å²) < 4.78 is 15.1. The third-order valence-corrected chi connectivity index (χ3v) is 2.90. The molecule has 0 fully saturated rings. The van der Waals surface area contributed by atoms with Crippen molar-refractivity contribution in [2.24, 2.45) is 12.8 Å².